The van der Waals surface area contributed by atoms with Crippen molar-refractivity contribution in [3.8, 4) is 0 Å². The number of aliphatic hydroxyl groups is 2. The van der Waals surface area contributed by atoms with Crippen molar-refractivity contribution in [3.63, 3.8) is 0 Å². The number of nitrogens with zero attached hydrogens (tertiary/aromatic N) is 6. The van der Waals surface area contributed by atoms with Crippen molar-refractivity contribution in [2.45, 2.75) is 76.8 Å². The Bertz CT molecular complexity index is 1040. The van der Waals surface area contributed by atoms with Crippen molar-refractivity contribution in [2.24, 2.45) is 22.1 Å². The van der Waals surface area contributed by atoms with E-state index in [0.29, 0.717) is 0 Å². The van der Waals surface area contributed by atoms with Gasteiger partial charge in [0.05, 0.1) is 31.3 Å². The Morgan fingerprint density at radius 3 is 1.62 bits per heavy atom. The molecule has 0 bridgehead atoms. The molecule has 22 nitrogen and oxygen atoms in total. The largest absolute Gasteiger partial charge is 0.472 e. The van der Waals surface area contributed by atoms with Crippen molar-refractivity contribution in [1.29, 1.82) is 0 Å². The summed E-state index contributed by atoms with van der Waals surface area (Å²) in [5, 5.41) is 31.0. The van der Waals surface area contributed by atoms with E-state index in [1.54, 1.807) is 6.92 Å². The van der Waals surface area contributed by atoms with Gasteiger partial charge in [-0.3, -0.25) is 18.6 Å². The van der Waals surface area contributed by atoms with Crippen LogP contribution in [-0.4, -0.2) is 104 Å². The molecule has 2 fully saturated rings. The normalized spacial score (nSPS) is 33.1. The first kappa shape index (κ1) is 37.6. The van der Waals surface area contributed by atoms with Crippen LogP contribution < -0.4 is 10.6 Å². The maximum atomic E-state index is 11.2. The number of hydrogen-bond donors (Lipinski definition) is 8. The van der Waals surface area contributed by atoms with Gasteiger partial charge in [-0.1, -0.05) is 24.1 Å². The van der Waals surface area contributed by atoms with Crippen LogP contribution in [0.3, 0.4) is 0 Å². The van der Waals surface area contributed by atoms with Crippen LogP contribution >= 0.6 is 15.6 Å². The summed E-state index contributed by atoms with van der Waals surface area (Å²) in [4.78, 5) is 62.9. The van der Waals surface area contributed by atoms with Crippen LogP contribution in [0.1, 0.15) is 27.7 Å². The van der Waals surface area contributed by atoms with E-state index in [0.717, 1.165) is 6.92 Å². The molecule has 0 aromatic carbocycles. The SMILES string of the molecule is CC(=O)NC1C(OP(=O)(O)O)OC(CN=[N+]=[N-])C(C)C1C.CC(=O)NC1C(OP(=O)(O)O)OC(CN=[N+]=[N-])C(O)C1O. The minimum absolute atomic E-state index is 0.00974. The molecular weight excluding hydrogens is 614 g/mol. The lowest BCUT2D eigenvalue weighted by molar-refractivity contribution is -0.238. The van der Waals surface area contributed by atoms with Crippen LogP contribution in [0.2, 0.25) is 0 Å². The number of azide groups is 2. The van der Waals surface area contributed by atoms with Crippen LogP contribution in [0.5, 0.6) is 0 Å². The number of carbonyl (C=O) groups is 2. The van der Waals surface area contributed by atoms with Gasteiger partial charge in [0.2, 0.25) is 11.8 Å². The number of ether oxygens (including phenoxy) is 2. The van der Waals surface area contributed by atoms with Crippen LogP contribution in [0, 0.1) is 11.8 Å². The van der Waals surface area contributed by atoms with Gasteiger partial charge in [0.15, 0.2) is 12.6 Å². The summed E-state index contributed by atoms with van der Waals surface area (Å²) in [6.07, 6.45) is -8.05. The summed E-state index contributed by atoms with van der Waals surface area (Å²) < 4.78 is 41.4. The van der Waals surface area contributed by atoms with Gasteiger partial charge in [-0.05, 0) is 22.9 Å². The van der Waals surface area contributed by atoms with Crippen molar-refractivity contribution in [3.05, 3.63) is 20.9 Å². The zero-order chi connectivity index (χ0) is 32.4. The summed E-state index contributed by atoms with van der Waals surface area (Å²) in [5.41, 5.74) is 16.6. The maximum absolute atomic E-state index is 11.2. The molecule has 42 heavy (non-hydrogen) atoms. The third kappa shape index (κ3) is 12.5. The molecule has 8 N–H and O–H groups in total. The summed E-state index contributed by atoms with van der Waals surface area (Å²) >= 11 is 0. The molecule has 0 spiro atoms. The van der Waals surface area contributed by atoms with Crippen molar-refractivity contribution in [2.75, 3.05) is 13.1 Å². The maximum Gasteiger partial charge on any atom is 0.472 e. The number of nitrogens with one attached hydrogen (secondary N) is 2. The van der Waals surface area contributed by atoms with E-state index in [4.69, 9.17) is 40.1 Å². The van der Waals surface area contributed by atoms with E-state index in [-0.39, 0.29) is 24.3 Å². The Kier molecular flexibility index (Phi) is 14.8. The molecule has 2 rings (SSSR count). The van der Waals surface area contributed by atoms with Gasteiger partial charge in [0.1, 0.15) is 18.2 Å². The molecule has 0 radical (unpaired) electrons. The highest BCUT2D eigenvalue weighted by Gasteiger charge is 2.47. The Hall–Kier alpha value is -2.38. The predicted molar refractivity (Wildman–Crippen MR) is 137 cm³/mol. The van der Waals surface area contributed by atoms with Gasteiger partial charge < -0.3 is 49.9 Å². The van der Waals surface area contributed by atoms with Crippen LogP contribution in [0.4, 0.5) is 0 Å². The molecule has 24 heteroatoms. The molecule has 0 saturated carbocycles. The molecule has 2 saturated heterocycles. The molecule has 2 amide bonds. The number of rotatable bonds is 10. The van der Waals surface area contributed by atoms with Crippen molar-refractivity contribution in [1.82, 2.24) is 10.6 Å². The molecule has 10 atom stereocenters. The molecule has 2 heterocycles. The fourth-order valence-electron chi connectivity index (χ4n) is 4.09. The van der Waals surface area contributed by atoms with Crippen LogP contribution in [0.15, 0.2) is 10.2 Å². The first-order chi connectivity index (χ1) is 19.3. The van der Waals surface area contributed by atoms with E-state index in [2.05, 4.69) is 39.7 Å². The zero-order valence-electron chi connectivity index (χ0n) is 22.7. The summed E-state index contributed by atoms with van der Waals surface area (Å²) in [6.45, 7) is 5.63. The summed E-state index contributed by atoms with van der Waals surface area (Å²) in [5.74, 6) is -1.31. The zero-order valence-corrected chi connectivity index (χ0v) is 24.5. The number of carbonyl (C=O) groups excluding carboxylic acids is 2. The lowest BCUT2D eigenvalue weighted by Crippen LogP contribution is -2.64. The third-order valence-corrected chi connectivity index (χ3v) is 7.12. The number of amides is 2. The van der Waals surface area contributed by atoms with E-state index in [1.807, 2.05) is 6.92 Å². The second kappa shape index (κ2) is 16.5. The lowest BCUT2D eigenvalue weighted by atomic mass is 9.82. The van der Waals surface area contributed by atoms with Crippen molar-refractivity contribution >= 4 is 27.5 Å². The first-order valence-electron chi connectivity index (χ1n) is 12.0. The number of aliphatic hydroxyl groups excluding tert-OH is 2. The first-order valence-corrected chi connectivity index (χ1v) is 15.1. The molecule has 10 unspecified atom stereocenters. The Morgan fingerprint density at radius 1 is 0.786 bits per heavy atom. The average Bonchev–Trinajstić information content (AvgIpc) is 2.85. The highest BCUT2D eigenvalue weighted by atomic mass is 31.2. The number of phosphoric acid groups is 2. The quantitative estimate of drug-likeness (QED) is 0.0626. The van der Waals surface area contributed by atoms with E-state index in [9.17, 15) is 28.9 Å². The van der Waals surface area contributed by atoms with E-state index in [1.165, 1.54) is 6.92 Å². The topological polar surface area (TPSA) is 348 Å². The fourth-order valence-corrected chi connectivity index (χ4v) is 5.00. The highest BCUT2D eigenvalue weighted by molar-refractivity contribution is 7.46. The standard InChI is InChI=1S/C10H19N4O6P.C8H15N4O8P/c1-5-6(2)9(13-7(3)15)10(20-21(16,17)18)19-8(5)4-12-14-11;1-3(13)11-5-7(15)6(14)4(2-10-12-9)19-8(5)20-21(16,17)18/h5-6,8-10H,4H2,1-3H3,(H,13,15)(H2,16,17,18);4-8,14-15H,2H2,1H3,(H,11,13)(H2,16,17,18). The van der Waals surface area contributed by atoms with Gasteiger partial charge in [0.25, 0.3) is 0 Å². The van der Waals surface area contributed by atoms with Crippen molar-refractivity contribution < 1.29 is 67.0 Å². The molecule has 0 aromatic heterocycles. The minimum Gasteiger partial charge on any atom is -0.388 e. The third-order valence-electron chi connectivity index (χ3n) is 6.16. The second-order valence-electron chi connectivity index (χ2n) is 9.26. The van der Waals surface area contributed by atoms with Crippen LogP contribution in [-0.2, 0) is 37.2 Å². The van der Waals surface area contributed by atoms with Gasteiger partial charge in [-0.25, -0.2) is 9.13 Å². The molecule has 0 aliphatic carbocycles. The second-order valence-corrected chi connectivity index (χ2v) is 11.6. The van der Waals surface area contributed by atoms with Gasteiger partial charge in [-0.15, -0.1) is 0 Å². The average molecular weight is 648 g/mol. The molecule has 2 aliphatic heterocycles. The van der Waals surface area contributed by atoms with Crippen LogP contribution in [0.25, 0.3) is 20.9 Å². The van der Waals surface area contributed by atoms with E-state index < -0.39 is 77.2 Å². The molecular formula is C18H34N8O14P2. The van der Waals surface area contributed by atoms with E-state index >= 15 is 0 Å². The molecule has 2 aliphatic rings. The Morgan fingerprint density at radius 2 is 1.19 bits per heavy atom. The Balaban J connectivity index is 0.000000420. The number of hydrogen-bond acceptors (Lipinski definition) is 12. The van der Waals surface area contributed by atoms with Gasteiger partial charge in [-0.2, -0.15) is 0 Å². The Labute approximate surface area is 238 Å². The highest BCUT2D eigenvalue weighted by Crippen LogP contribution is 2.43. The summed E-state index contributed by atoms with van der Waals surface area (Å²) in [6, 6.07) is -2.13. The van der Waals surface area contributed by atoms with Gasteiger partial charge >= 0.3 is 15.6 Å². The van der Waals surface area contributed by atoms with Gasteiger partial charge in [0, 0.05) is 23.7 Å². The molecule has 0 aromatic rings. The smallest absolute Gasteiger partial charge is 0.388 e. The summed E-state index contributed by atoms with van der Waals surface area (Å²) in [7, 11) is -9.78. The molecule has 240 valence electrons. The minimum atomic E-state index is -4.99. The number of phosphoric ester groups is 2. The fraction of sp³-hybridized carbons (Fsp3) is 0.889. The predicted octanol–water partition coefficient (Wildman–Crippen LogP) is -0.735. The monoisotopic (exact) mass is 648 g/mol. The lowest BCUT2D eigenvalue weighted by Gasteiger charge is -2.44.